The number of carbonyl (C=O) groups excluding carboxylic acids is 1. The number of nitrogens with zero attached hydrogens (tertiary/aromatic N) is 1. The fraction of sp³-hybridized carbons (Fsp3) is 0.385. The van der Waals surface area contributed by atoms with Crippen LogP contribution in [-0.2, 0) is 14.6 Å². The minimum atomic E-state index is -4.44. The Bertz CT molecular complexity index is 862. The van der Waals surface area contributed by atoms with Crippen molar-refractivity contribution < 1.29 is 31.1 Å². The first-order valence-corrected chi connectivity index (χ1v) is 9.33. The summed E-state index contributed by atoms with van der Waals surface area (Å²) in [6.07, 6.45) is -3.50. The minimum Gasteiger partial charge on any atom is -0.484 e. The van der Waals surface area contributed by atoms with E-state index in [4.69, 9.17) is 0 Å². The average molecular weight is 382 g/mol. The van der Waals surface area contributed by atoms with Crippen molar-refractivity contribution in [1.82, 2.24) is 4.98 Å². The van der Waals surface area contributed by atoms with Crippen molar-refractivity contribution in [2.24, 2.45) is 0 Å². The molecule has 132 valence electrons. The molecule has 0 fully saturated rings. The molecule has 0 aliphatic carbocycles. The second kappa shape index (κ2) is 6.55. The van der Waals surface area contributed by atoms with Crippen LogP contribution in [0.5, 0.6) is 5.75 Å². The van der Waals surface area contributed by atoms with Crippen LogP contribution in [0.2, 0.25) is 0 Å². The Morgan fingerprint density at radius 3 is 2.67 bits per heavy atom. The van der Waals surface area contributed by atoms with E-state index < -0.39 is 33.8 Å². The summed E-state index contributed by atoms with van der Waals surface area (Å²) in [5.41, 5.74) is 0.446. The highest BCUT2D eigenvalue weighted by molar-refractivity contribution is 7.92. The zero-order valence-electron chi connectivity index (χ0n) is 12.5. The zero-order valence-corrected chi connectivity index (χ0v) is 14.2. The highest BCUT2D eigenvalue weighted by atomic mass is 32.2. The number of benzene rings is 1. The Kier molecular flexibility index (Phi) is 5.04. The minimum absolute atomic E-state index is 0.0193. The van der Waals surface area contributed by atoms with Crippen LogP contribution in [0.3, 0.4) is 0 Å². The SMILES string of the molecule is C[C@@H](C(=O)Nc1nc2ccc(OCC(F)(F)F)cc2s1)S(C)(=O)=O. The number of sulfone groups is 1. The maximum atomic E-state index is 12.1. The summed E-state index contributed by atoms with van der Waals surface area (Å²) in [5, 5.41) is 1.29. The van der Waals surface area contributed by atoms with Gasteiger partial charge in [-0.3, -0.25) is 4.79 Å². The second-order valence-corrected chi connectivity index (χ2v) is 8.41. The number of carbonyl (C=O) groups is 1. The van der Waals surface area contributed by atoms with Gasteiger partial charge in [0.2, 0.25) is 5.91 Å². The first kappa shape index (κ1) is 18.5. The summed E-state index contributed by atoms with van der Waals surface area (Å²) in [6.45, 7) is -0.159. The number of hydrogen-bond donors (Lipinski definition) is 1. The number of anilines is 1. The van der Waals surface area contributed by atoms with Crippen LogP contribution in [0.25, 0.3) is 10.2 Å². The normalized spacial score (nSPS) is 13.7. The molecule has 1 heterocycles. The number of rotatable bonds is 5. The Morgan fingerprint density at radius 1 is 1.42 bits per heavy atom. The van der Waals surface area contributed by atoms with Gasteiger partial charge in [0.05, 0.1) is 10.2 Å². The number of ether oxygens (including phenoxy) is 1. The summed E-state index contributed by atoms with van der Waals surface area (Å²) < 4.78 is 64.3. The molecular weight excluding hydrogens is 369 g/mol. The molecule has 1 amide bonds. The maximum Gasteiger partial charge on any atom is 0.422 e. The summed E-state index contributed by atoms with van der Waals surface area (Å²) in [6, 6.07) is 4.15. The standard InChI is InChI=1S/C13H13F3N2O4S2/c1-7(24(2,20)21)11(19)18-12-17-9-4-3-8(5-10(9)23-12)22-6-13(14,15)16/h3-5,7H,6H2,1-2H3,(H,17,18,19)/t7-/m0/s1. The number of halogens is 3. The first-order valence-electron chi connectivity index (χ1n) is 6.55. The van der Waals surface area contributed by atoms with Crippen molar-refractivity contribution in [1.29, 1.82) is 0 Å². The largest absolute Gasteiger partial charge is 0.484 e. The van der Waals surface area contributed by atoms with Gasteiger partial charge in [-0.25, -0.2) is 13.4 Å². The fourth-order valence-electron chi connectivity index (χ4n) is 1.61. The molecular formula is C13H13F3N2O4S2. The van der Waals surface area contributed by atoms with Crippen LogP contribution in [-0.4, -0.2) is 43.6 Å². The van der Waals surface area contributed by atoms with Crippen LogP contribution in [0.4, 0.5) is 18.3 Å². The summed E-state index contributed by atoms with van der Waals surface area (Å²) in [4.78, 5) is 15.9. The van der Waals surface area contributed by atoms with Crippen LogP contribution in [0.15, 0.2) is 18.2 Å². The van der Waals surface area contributed by atoms with E-state index in [1.54, 1.807) is 0 Å². The fourth-order valence-corrected chi connectivity index (χ4v) is 2.96. The van der Waals surface area contributed by atoms with Crippen molar-refractivity contribution in [3.05, 3.63) is 18.2 Å². The molecule has 11 heteroatoms. The van der Waals surface area contributed by atoms with E-state index in [0.717, 1.165) is 17.6 Å². The Balaban J connectivity index is 2.15. The van der Waals surface area contributed by atoms with Gasteiger partial charge in [0.1, 0.15) is 11.0 Å². The third kappa shape index (κ3) is 4.81. The predicted molar refractivity (Wildman–Crippen MR) is 84.1 cm³/mol. The van der Waals surface area contributed by atoms with Gasteiger partial charge in [-0.15, -0.1) is 0 Å². The zero-order chi connectivity index (χ0) is 18.1. The van der Waals surface area contributed by atoms with Crippen LogP contribution >= 0.6 is 11.3 Å². The van der Waals surface area contributed by atoms with E-state index in [1.807, 2.05) is 0 Å². The average Bonchev–Trinajstić information content (AvgIpc) is 2.83. The van der Waals surface area contributed by atoms with Gasteiger partial charge < -0.3 is 10.1 Å². The molecule has 0 radical (unpaired) electrons. The molecule has 2 rings (SSSR count). The monoisotopic (exact) mass is 382 g/mol. The number of amides is 1. The number of aromatic nitrogens is 1. The number of nitrogens with one attached hydrogen (secondary N) is 1. The number of thiazole rings is 1. The van der Waals surface area contributed by atoms with E-state index in [2.05, 4.69) is 15.0 Å². The summed E-state index contributed by atoms with van der Waals surface area (Å²) in [5.74, 6) is -0.712. The smallest absolute Gasteiger partial charge is 0.422 e. The molecule has 0 saturated carbocycles. The topological polar surface area (TPSA) is 85.4 Å². The van der Waals surface area contributed by atoms with E-state index >= 15 is 0 Å². The molecule has 0 bridgehead atoms. The molecule has 6 nitrogen and oxygen atoms in total. The van der Waals surface area contributed by atoms with Gasteiger partial charge in [-0.1, -0.05) is 11.3 Å². The lowest BCUT2D eigenvalue weighted by molar-refractivity contribution is -0.153. The van der Waals surface area contributed by atoms with Gasteiger partial charge in [-0.2, -0.15) is 13.2 Å². The van der Waals surface area contributed by atoms with Gasteiger partial charge >= 0.3 is 6.18 Å². The quantitative estimate of drug-likeness (QED) is 0.859. The molecule has 1 N–H and O–H groups in total. The number of alkyl halides is 3. The first-order chi connectivity index (χ1) is 11.0. The molecule has 0 spiro atoms. The van der Waals surface area contributed by atoms with Crippen molar-refractivity contribution in [3.63, 3.8) is 0 Å². The van der Waals surface area contributed by atoms with Gasteiger partial charge in [0, 0.05) is 6.26 Å². The van der Waals surface area contributed by atoms with Crippen LogP contribution < -0.4 is 10.1 Å². The van der Waals surface area contributed by atoms with Crippen molar-refractivity contribution in [2.45, 2.75) is 18.3 Å². The van der Waals surface area contributed by atoms with Gasteiger partial charge in [-0.05, 0) is 25.1 Å². The molecule has 2 aromatic rings. The Morgan fingerprint density at radius 2 is 2.08 bits per heavy atom. The number of fused-ring (bicyclic) bond motifs is 1. The van der Waals surface area contributed by atoms with Crippen LogP contribution in [0.1, 0.15) is 6.92 Å². The second-order valence-electron chi connectivity index (χ2n) is 5.01. The molecule has 24 heavy (non-hydrogen) atoms. The Hall–Kier alpha value is -1.88. The molecule has 1 atom stereocenters. The van der Waals surface area contributed by atoms with Crippen molar-refractivity contribution in [3.8, 4) is 5.75 Å². The third-order valence-electron chi connectivity index (χ3n) is 3.00. The third-order valence-corrected chi connectivity index (χ3v) is 5.44. The lowest BCUT2D eigenvalue weighted by Gasteiger charge is -2.08. The van der Waals surface area contributed by atoms with Crippen molar-refractivity contribution in [2.75, 3.05) is 18.2 Å². The predicted octanol–water partition coefficient (Wildman–Crippen LogP) is 2.61. The van der Waals surface area contributed by atoms with E-state index in [-0.39, 0.29) is 10.9 Å². The molecule has 0 saturated heterocycles. The van der Waals surface area contributed by atoms with Gasteiger partial charge in [0.25, 0.3) is 0 Å². The Labute approximate surface area is 139 Å². The lowest BCUT2D eigenvalue weighted by Crippen LogP contribution is -2.31. The lowest BCUT2D eigenvalue weighted by atomic mass is 10.3. The van der Waals surface area contributed by atoms with Gasteiger partial charge in [0.15, 0.2) is 21.6 Å². The molecule has 1 aromatic carbocycles. The number of hydrogen-bond acceptors (Lipinski definition) is 6. The van der Waals surface area contributed by atoms with Crippen LogP contribution in [0, 0.1) is 0 Å². The molecule has 0 unspecified atom stereocenters. The highest BCUT2D eigenvalue weighted by Gasteiger charge is 2.28. The van der Waals surface area contributed by atoms with E-state index in [1.165, 1.54) is 25.1 Å². The molecule has 1 aromatic heterocycles. The molecule has 0 aliphatic rings. The molecule has 0 aliphatic heterocycles. The summed E-state index contributed by atoms with van der Waals surface area (Å²) >= 11 is 1.00. The van der Waals surface area contributed by atoms with Crippen molar-refractivity contribution >= 4 is 42.4 Å². The van der Waals surface area contributed by atoms with E-state index in [9.17, 15) is 26.4 Å². The maximum absolute atomic E-state index is 12.1. The summed E-state index contributed by atoms with van der Waals surface area (Å²) in [7, 11) is -3.54. The highest BCUT2D eigenvalue weighted by Crippen LogP contribution is 2.30. The van der Waals surface area contributed by atoms with E-state index in [0.29, 0.717) is 10.2 Å².